The standard InChI is InChI=1S/C14H16Cl2N4O/c1-14(2,3)10-6-11(20-19-10)18-13(21)8-4-7(17)5-9(15)12(8)16/h4-6H,17H2,1-3H3,(H2,18,19,20,21). The number of nitrogens with two attached hydrogens (primary N) is 1. The minimum atomic E-state index is -0.416. The van der Waals surface area contributed by atoms with Crippen molar-refractivity contribution in [1.29, 1.82) is 0 Å². The number of aromatic amines is 1. The van der Waals surface area contributed by atoms with E-state index in [0.717, 1.165) is 5.69 Å². The number of nitrogen functional groups attached to an aromatic ring is 1. The lowest BCUT2D eigenvalue weighted by atomic mass is 9.92. The van der Waals surface area contributed by atoms with Crippen LogP contribution in [0, 0.1) is 0 Å². The fourth-order valence-electron chi connectivity index (χ4n) is 1.73. The molecule has 0 spiro atoms. The van der Waals surface area contributed by atoms with Crippen LogP contribution >= 0.6 is 23.2 Å². The van der Waals surface area contributed by atoms with Crippen LogP contribution in [0.2, 0.25) is 10.0 Å². The maximum absolute atomic E-state index is 12.2. The predicted molar refractivity (Wildman–Crippen MR) is 86.1 cm³/mol. The minimum absolute atomic E-state index is 0.0892. The summed E-state index contributed by atoms with van der Waals surface area (Å²) in [5.74, 6) is 0.000646. The summed E-state index contributed by atoms with van der Waals surface area (Å²) in [5.41, 5.74) is 7.08. The summed E-state index contributed by atoms with van der Waals surface area (Å²) in [6.07, 6.45) is 0. The Hall–Kier alpha value is -1.72. The number of carbonyl (C=O) groups excluding carboxylic acids is 1. The lowest BCUT2D eigenvalue weighted by molar-refractivity contribution is 0.102. The first-order valence-electron chi connectivity index (χ1n) is 6.30. The topological polar surface area (TPSA) is 83.8 Å². The summed E-state index contributed by atoms with van der Waals surface area (Å²) in [4.78, 5) is 12.2. The van der Waals surface area contributed by atoms with E-state index in [4.69, 9.17) is 28.9 Å². The van der Waals surface area contributed by atoms with E-state index in [1.165, 1.54) is 12.1 Å². The zero-order chi connectivity index (χ0) is 15.8. The quantitative estimate of drug-likeness (QED) is 0.733. The number of rotatable bonds is 2. The van der Waals surface area contributed by atoms with Crippen LogP contribution in [-0.2, 0) is 5.41 Å². The Morgan fingerprint density at radius 2 is 1.95 bits per heavy atom. The van der Waals surface area contributed by atoms with Crippen LogP contribution in [0.1, 0.15) is 36.8 Å². The Kier molecular flexibility index (Phi) is 4.16. The largest absolute Gasteiger partial charge is 0.399 e. The molecule has 7 heteroatoms. The number of nitrogens with zero attached hydrogens (tertiary/aromatic N) is 1. The van der Waals surface area contributed by atoms with Gasteiger partial charge in [0, 0.05) is 22.9 Å². The molecule has 0 unspecified atom stereocenters. The number of hydrogen-bond acceptors (Lipinski definition) is 3. The number of halogens is 2. The molecule has 2 rings (SSSR count). The molecule has 0 radical (unpaired) electrons. The molecular formula is C14H16Cl2N4O. The molecule has 1 amide bonds. The Labute approximate surface area is 132 Å². The third-order valence-electron chi connectivity index (χ3n) is 2.92. The van der Waals surface area contributed by atoms with E-state index < -0.39 is 5.91 Å². The molecule has 0 aliphatic rings. The number of carbonyl (C=O) groups is 1. The second-order valence-corrected chi connectivity index (χ2v) is 6.52. The number of anilines is 2. The fourth-order valence-corrected chi connectivity index (χ4v) is 2.15. The molecule has 0 aliphatic heterocycles. The van der Waals surface area contributed by atoms with Crippen molar-refractivity contribution in [3.05, 3.63) is 39.5 Å². The van der Waals surface area contributed by atoms with Gasteiger partial charge < -0.3 is 11.1 Å². The molecule has 0 bridgehead atoms. The van der Waals surface area contributed by atoms with Crippen molar-refractivity contribution < 1.29 is 4.79 Å². The summed E-state index contributed by atoms with van der Waals surface area (Å²) in [7, 11) is 0. The normalized spacial score (nSPS) is 11.5. The first-order chi connectivity index (χ1) is 9.68. The Bertz CT molecular complexity index is 689. The molecule has 5 nitrogen and oxygen atoms in total. The molecule has 1 aromatic carbocycles. The number of hydrogen-bond donors (Lipinski definition) is 3. The van der Waals surface area contributed by atoms with Crippen molar-refractivity contribution in [2.75, 3.05) is 11.1 Å². The maximum atomic E-state index is 12.2. The van der Waals surface area contributed by atoms with Gasteiger partial charge in [-0.05, 0) is 12.1 Å². The molecule has 0 saturated heterocycles. The highest BCUT2D eigenvalue weighted by atomic mass is 35.5. The van der Waals surface area contributed by atoms with Crippen LogP contribution in [0.4, 0.5) is 11.5 Å². The second-order valence-electron chi connectivity index (χ2n) is 5.74. The zero-order valence-electron chi connectivity index (χ0n) is 11.9. The number of H-pyrrole nitrogens is 1. The van der Waals surface area contributed by atoms with Crippen LogP contribution in [-0.4, -0.2) is 16.1 Å². The summed E-state index contributed by atoms with van der Waals surface area (Å²) in [6.45, 7) is 6.13. The molecule has 21 heavy (non-hydrogen) atoms. The zero-order valence-corrected chi connectivity index (χ0v) is 13.4. The van der Waals surface area contributed by atoms with Crippen molar-refractivity contribution in [1.82, 2.24) is 10.2 Å². The summed E-state index contributed by atoms with van der Waals surface area (Å²) >= 11 is 11.9. The van der Waals surface area contributed by atoms with E-state index >= 15 is 0 Å². The van der Waals surface area contributed by atoms with Gasteiger partial charge in [-0.2, -0.15) is 5.10 Å². The van der Waals surface area contributed by atoms with E-state index in [2.05, 4.69) is 15.5 Å². The maximum Gasteiger partial charge on any atom is 0.258 e. The van der Waals surface area contributed by atoms with Crippen molar-refractivity contribution in [3.8, 4) is 0 Å². The Morgan fingerprint density at radius 3 is 2.52 bits per heavy atom. The summed E-state index contributed by atoms with van der Waals surface area (Å²) in [6, 6.07) is 4.74. The molecular weight excluding hydrogens is 311 g/mol. The average molecular weight is 327 g/mol. The highest BCUT2D eigenvalue weighted by Gasteiger charge is 2.19. The molecule has 1 heterocycles. The van der Waals surface area contributed by atoms with Gasteiger partial charge in [-0.15, -0.1) is 0 Å². The van der Waals surface area contributed by atoms with Gasteiger partial charge in [0.2, 0.25) is 0 Å². The minimum Gasteiger partial charge on any atom is -0.399 e. The van der Waals surface area contributed by atoms with E-state index in [1.54, 1.807) is 6.07 Å². The molecule has 1 aromatic heterocycles. The van der Waals surface area contributed by atoms with Crippen molar-refractivity contribution >= 4 is 40.6 Å². The third kappa shape index (κ3) is 3.49. The van der Waals surface area contributed by atoms with Crippen LogP contribution in [0.5, 0.6) is 0 Å². The predicted octanol–water partition coefficient (Wildman–Crippen LogP) is 3.85. The second kappa shape index (κ2) is 5.58. The molecule has 4 N–H and O–H groups in total. The summed E-state index contributed by atoms with van der Waals surface area (Å²) < 4.78 is 0. The number of benzene rings is 1. The molecule has 0 atom stereocenters. The average Bonchev–Trinajstić information content (AvgIpc) is 2.82. The highest BCUT2D eigenvalue weighted by molar-refractivity contribution is 6.44. The first kappa shape index (κ1) is 15.7. The van der Waals surface area contributed by atoms with Crippen LogP contribution < -0.4 is 11.1 Å². The molecule has 2 aromatic rings. The van der Waals surface area contributed by atoms with Crippen molar-refractivity contribution in [2.24, 2.45) is 0 Å². The monoisotopic (exact) mass is 326 g/mol. The van der Waals surface area contributed by atoms with E-state index in [9.17, 15) is 4.79 Å². The molecule has 0 aliphatic carbocycles. The number of aromatic nitrogens is 2. The third-order valence-corrected chi connectivity index (χ3v) is 3.72. The van der Waals surface area contributed by atoms with Gasteiger partial charge in [-0.3, -0.25) is 9.89 Å². The lowest BCUT2D eigenvalue weighted by Gasteiger charge is -2.14. The van der Waals surface area contributed by atoms with Crippen LogP contribution in [0.3, 0.4) is 0 Å². The SMILES string of the molecule is CC(C)(C)c1cc(NC(=O)c2cc(N)cc(Cl)c2Cl)n[nH]1. The van der Waals surface area contributed by atoms with Gasteiger partial charge in [0.05, 0.1) is 15.6 Å². The number of amides is 1. The van der Waals surface area contributed by atoms with Gasteiger partial charge in [-0.25, -0.2) is 0 Å². The first-order valence-corrected chi connectivity index (χ1v) is 7.06. The Balaban J connectivity index is 2.25. The van der Waals surface area contributed by atoms with Crippen molar-refractivity contribution in [2.45, 2.75) is 26.2 Å². The molecule has 0 fully saturated rings. The number of nitrogens with one attached hydrogen (secondary N) is 2. The lowest BCUT2D eigenvalue weighted by Crippen LogP contribution is -2.13. The van der Waals surface area contributed by atoms with Gasteiger partial charge >= 0.3 is 0 Å². The Morgan fingerprint density at radius 1 is 1.29 bits per heavy atom. The van der Waals surface area contributed by atoms with E-state index in [0.29, 0.717) is 11.5 Å². The molecule has 0 saturated carbocycles. The highest BCUT2D eigenvalue weighted by Crippen LogP contribution is 2.29. The van der Waals surface area contributed by atoms with Crippen molar-refractivity contribution in [3.63, 3.8) is 0 Å². The fraction of sp³-hybridized carbons (Fsp3) is 0.286. The van der Waals surface area contributed by atoms with E-state index in [1.807, 2.05) is 20.8 Å². The van der Waals surface area contributed by atoms with Gasteiger partial charge in [-0.1, -0.05) is 44.0 Å². The van der Waals surface area contributed by atoms with Gasteiger partial charge in [0.15, 0.2) is 5.82 Å². The van der Waals surface area contributed by atoms with E-state index in [-0.39, 0.29) is 21.0 Å². The smallest absolute Gasteiger partial charge is 0.258 e. The van der Waals surface area contributed by atoms with Gasteiger partial charge in [0.25, 0.3) is 5.91 Å². The molecule has 112 valence electrons. The van der Waals surface area contributed by atoms with Gasteiger partial charge in [0.1, 0.15) is 0 Å². The summed E-state index contributed by atoms with van der Waals surface area (Å²) in [5, 5.41) is 10.0. The van der Waals surface area contributed by atoms with Crippen LogP contribution in [0.15, 0.2) is 18.2 Å². The van der Waals surface area contributed by atoms with Crippen LogP contribution in [0.25, 0.3) is 0 Å².